The molecule has 0 heterocycles. The summed E-state index contributed by atoms with van der Waals surface area (Å²) in [6, 6.07) is 17.1. The third-order valence-electron chi connectivity index (χ3n) is 5.03. The minimum Gasteiger partial charge on any atom is -0.299 e. The largest absolute Gasteiger partial charge is 0.299 e. The summed E-state index contributed by atoms with van der Waals surface area (Å²) in [5, 5.41) is 0. The van der Waals surface area contributed by atoms with Crippen molar-refractivity contribution >= 4 is 16.9 Å². The van der Waals surface area contributed by atoms with Crippen LogP contribution in [0, 0.1) is 17.2 Å². The van der Waals surface area contributed by atoms with E-state index in [1.807, 2.05) is 51.1 Å². The van der Waals surface area contributed by atoms with Crippen molar-refractivity contribution in [3.8, 4) is 0 Å². The van der Waals surface area contributed by atoms with Gasteiger partial charge in [-0.05, 0) is 41.5 Å². The molecule has 0 saturated carbocycles. The monoisotopic (exact) mass is 336 g/mol. The van der Waals surface area contributed by atoms with Crippen LogP contribution in [0.1, 0.15) is 51.2 Å². The Morgan fingerprint density at radius 1 is 1.04 bits per heavy atom. The summed E-state index contributed by atoms with van der Waals surface area (Å²) in [6.07, 6.45) is 2.23. The molecule has 1 nitrogen and oxygen atoms in total. The fraction of sp³-hybridized carbons (Fsp3) is 0.348. The number of carbonyl (C=O) groups excluding carboxylic acids is 1. The molecular formula is C23H25FO. The molecule has 1 atom stereocenters. The molecule has 0 amide bonds. The topological polar surface area (TPSA) is 17.1 Å². The van der Waals surface area contributed by atoms with Crippen LogP contribution in [0.5, 0.6) is 0 Å². The molecule has 0 aromatic heterocycles. The molecule has 0 saturated heterocycles. The Bertz CT molecular complexity index is 796. The molecule has 1 aliphatic carbocycles. The molecule has 3 rings (SSSR count). The van der Waals surface area contributed by atoms with Gasteiger partial charge >= 0.3 is 0 Å². The number of Topliss-reactive ketones (excluding diaryl/α,β-unsaturated/α-hetero) is 1. The number of carbonyl (C=O) groups is 1. The first-order valence-corrected chi connectivity index (χ1v) is 8.94. The first kappa shape index (κ1) is 17.6. The lowest BCUT2D eigenvalue weighted by atomic mass is 9.81. The van der Waals surface area contributed by atoms with E-state index in [0.29, 0.717) is 12.0 Å². The van der Waals surface area contributed by atoms with Gasteiger partial charge in [0.1, 0.15) is 11.6 Å². The fourth-order valence-electron chi connectivity index (χ4n) is 3.59. The van der Waals surface area contributed by atoms with Gasteiger partial charge in [-0.3, -0.25) is 4.79 Å². The average Bonchev–Trinajstić information content (AvgIpc) is 2.98. The minimum absolute atomic E-state index is 0.156. The Hall–Kier alpha value is -2.22. The van der Waals surface area contributed by atoms with Crippen molar-refractivity contribution in [3.63, 3.8) is 0 Å². The maximum absolute atomic E-state index is 14.4. The highest BCUT2D eigenvalue weighted by Crippen LogP contribution is 2.46. The molecule has 0 unspecified atom stereocenters. The van der Waals surface area contributed by atoms with Gasteiger partial charge in [-0.25, -0.2) is 4.39 Å². The van der Waals surface area contributed by atoms with Crippen molar-refractivity contribution < 1.29 is 9.18 Å². The third-order valence-corrected chi connectivity index (χ3v) is 5.03. The zero-order chi connectivity index (χ0) is 18.0. The molecule has 1 aliphatic rings. The van der Waals surface area contributed by atoms with Crippen molar-refractivity contribution in [1.29, 1.82) is 0 Å². The molecule has 2 heteroatoms. The van der Waals surface area contributed by atoms with Crippen molar-refractivity contribution in [2.75, 3.05) is 0 Å². The molecule has 25 heavy (non-hydrogen) atoms. The van der Waals surface area contributed by atoms with Crippen molar-refractivity contribution in [1.82, 2.24) is 0 Å². The Labute approximate surface area is 149 Å². The van der Waals surface area contributed by atoms with Gasteiger partial charge in [0.05, 0.1) is 0 Å². The Morgan fingerprint density at radius 3 is 2.32 bits per heavy atom. The predicted octanol–water partition coefficient (Wildman–Crippen LogP) is 6.15. The number of hydrogen-bond acceptors (Lipinski definition) is 1. The first-order valence-electron chi connectivity index (χ1n) is 8.94. The number of hydrogen-bond donors (Lipinski definition) is 0. The predicted molar refractivity (Wildman–Crippen MR) is 101 cm³/mol. The van der Waals surface area contributed by atoms with Gasteiger partial charge in [-0.2, -0.15) is 0 Å². The van der Waals surface area contributed by atoms with Gasteiger partial charge in [-0.1, -0.05) is 69.3 Å². The minimum atomic E-state index is -0.345. The van der Waals surface area contributed by atoms with Crippen LogP contribution in [0.3, 0.4) is 0 Å². The van der Waals surface area contributed by atoms with Crippen molar-refractivity contribution in [2.45, 2.75) is 40.0 Å². The van der Waals surface area contributed by atoms with E-state index in [1.165, 1.54) is 6.07 Å². The van der Waals surface area contributed by atoms with E-state index in [9.17, 15) is 9.18 Å². The summed E-state index contributed by atoms with van der Waals surface area (Å²) in [7, 11) is 0. The molecule has 2 aromatic rings. The zero-order valence-corrected chi connectivity index (χ0v) is 15.2. The maximum atomic E-state index is 14.4. The number of benzene rings is 2. The molecule has 0 fully saturated rings. The first-order chi connectivity index (χ1) is 11.9. The quantitative estimate of drug-likeness (QED) is 0.654. The highest BCUT2D eigenvalue weighted by atomic mass is 19.1. The normalized spacial score (nSPS) is 17.8. The van der Waals surface area contributed by atoms with Crippen LogP contribution in [-0.2, 0) is 4.79 Å². The van der Waals surface area contributed by atoms with Gasteiger partial charge in [0.15, 0.2) is 0 Å². The van der Waals surface area contributed by atoms with E-state index in [4.69, 9.17) is 0 Å². The molecule has 2 aromatic carbocycles. The smallest absolute Gasteiger partial charge is 0.138 e. The van der Waals surface area contributed by atoms with E-state index >= 15 is 0 Å². The average molecular weight is 336 g/mol. The lowest BCUT2D eigenvalue weighted by Crippen LogP contribution is -2.22. The maximum Gasteiger partial charge on any atom is 0.138 e. The molecule has 0 radical (unpaired) electrons. The van der Waals surface area contributed by atoms with E-state index in [0.717, 1.165) is 29.6 Å². The van der Waals surface area contributed by atoms with Crippen LogP contribution in [0.4, 0.5) is 4.39 Å². The number of allylic oxidation sites excluding steroid dienone is 2. The van der Waals surface area contributed by atoms with Crippen LogP contribution < -0.4 is 0 Å². The summed E-state index contributed by atoms with van der Waals surface area (Å²) in [4.78, 5) is 12.6. The van der Waals surface area contributed by atoms with Crippen LogP contribution in [0.15, 0.2) is 54.6 Å². The lowest BCUT2D eigenvalue weighted by molar-refractivity contribution is -0.126. The van der Waals surface area contributed by atoms with Crippen LogP contribution in [0.25, 0.3) is 11.1 Å². The molecule has 130 valence electrons. The van der Waals surface area contributed by atoms with Gasteiger partial charge in [0.2, 0.25) is 0 Å². The Kier molecular flexibility index (Phi) is 4.89. The van der Waals surface area contributed by atoms with E-state index in [-0.39, 0.29) is 22.9 Å². The van der Waals surface area contributed by atoms with Crippen molar-refractivity contribution in [3.05, 3.63) is 71.5 Å². The Morgan fingerprint density at radius 2 is 1.68 bits per heavy atom. The number of halogens is 1. The standard InChI is InChI=1S/C23H25FO/c1-23(2,3)21(25)15-17-13-14-19(18-11-7-8-12-20(18)24)22(17)16-9-5-4-6-10-16/h4-12,17H,13-15H2,1-3H3/t17-/m1/s1. The molecule has 0 spiro atoms. The highest BCUT2D eigenvalue weighted by molar-refractivity contribution is 5.96. The van der Waals surface area contributed by atoms with E-state index < -0.39 is 0 Å². The number of rotatable bonds is 4. The second-order valence-electron chi connectivity index (χ2n) is 7.85. The number of ketones is 1. The van der Waals surface area contributed by atoms with Gasteiger partial charge in [0.25, 0.3) is 0 Å². The second kappa shape index (κ2) is 6.95. The van der Waals surface area contributed by atoms with Gasteiger partial charge in [-0.15, -0.1) is 0 Å². The zero-order valence-electron chi connectivity index (χ0n) is 15.2. The van der Waals surface area contributed by atoms with Gasteiger partial charge < -0.3 is 0 Å². The molecule has 0 aliphatic heterocycles. The molecule has 0 bridgehead atoms. The van der Waals surface area contributed by atoms with Crippen molar-refractivity contribution in [2.24, 2.45) is 11.3 Å². The molecule has 0 N–H and O–H groups in total. The summed E-state index contributed by atoms with van der Waals surface area (Å²) >= 11 is 0. The van der Waals surface area contributed by atoms with E-state index in [1.54, 1.807) is 6.07 Å². The Balaban J connectivity index is 2.07. The summed E-state index contributed by atoms with van der Waals surface area (Å²) < 4.78 is 14.4. The summed E-state index contributed by atoms with van der Waals surface area (Å²) in [5.41, 5.74) is 3.62. The van der Waals surface area contributed by atoms with Crippen LogP contribution in [0.2, 0.25) is 0 Å². The second-order valence-corrected chi connectivity index (χ2v) is 7.85. The lowest BCUT2D eigenvalue weighted by Gasteiger charge is -2.22. The third kappa shape index (κ3) is 3.73. The van der Waals surface area contributed by atoms with E-state index in [2.05, 4.69) is 12.1 Å². The fourth-order valence-corrected chi connectivity index (χ4v) is 3.59. The van der Waals surface area contributed by atoms with Gasteiger partial charge in [0, 0.05) is 17.4 Å². The van der Waals surface area contributed by atoms with Crippen LogP contribution >= 0.6 is 0 Å². The van der Waals surface area contributed by atoms with Crippen LogP contribution in [-0.4, -0.2) is 5.78 Å². The summed E-state index contributed by atoms with van der Waals surface area (Å²) in [6.45, 7) is 5.90. The summed E-state index contributed by atoms with van der Waals surface area (Å²) in [5.74, 6) is 0.234. The molecular weight excluding hydrogens is 311 g/mol. The highest BCUT2D eigenvalue weighted by Gasteiger charge is 2.32. The SMILES string of the molecule is CC(C)(C)C(=O)C[C@H]1CCC(c2ccccc2F)=C1c1ccccc1.